The topological polar surface area (TPSA) is 66.3 Å². The zero-order valence-corrected chi connectivity index (χ0v) is 11.8. The van der Waals surface area contributed by atoms with Gasteiger partial charge in [0.25, 0.3) is 0 Å². The van der Waals surface area contributed by atoms with Crippen LogP contribution < -0.4 is 0 Å². The first-order chi connectivity index (χ1) is 9.03. The minimum absolute atomic E-state index is 0.0211. The molecule has 2 heterocycles. The summed E-state index contributed by atoms with van der Waals surface area (Å²) in [5.41, 5.74) is 1.00. The maximum Gasteiger partial charge on any atom is 0.324 e. The van der Waals surface area contributed by atoms with Gasteiger partial charge in [-0.05, 0) is 39.7 Å². The second kappa shape index (κ2) is 5.25. The van der Waals surface area contributed by atoms with Gasteiger partial charge in [0.15, 0.2) is 0 Å². The number of hydrogen-bond acceptors (Lipinski definition) is 4. The summed E-state index contributed by atoms with van der Waals surface area (Å²) in [4.78, 5) is 22.4. The number of carbonyl (C=O) groups is 1. The van der Waals surface area contributed by atoms with E-state index in [2.05, 4.69) is 14.9 Å². The molecule has 19 heavy (non-hydrogen) atoms. The van der Waals surface area contributed by atoms with Crippen LogP contribution in [0.5, 0.6) is 0 Å². The smallest absolute Gasteiger partial charge is 0.324 e. The Morgan fingerprint density at radius 3 is 2.79 bits per heavy atom. The predicted octanol–water partition coefficient (Wildman–Crippen LogP) is 2.18. The summed E-state index contributed by atoms with van der Waals surface area (Å²) in [7, 11) is 0. The largest absolute Gasteiger partial charge is 0.480 e. The van der Waals surface area contributed by atoms with Crippen LogP contribution in [0.4, 0.5) is 0 Å². The monoisotopic (exact) mass is 263 g/mol. The summed E-state index contributed by atoms with van der Waals surface area (Å²) >= 11 is 0. The molecule has 104 valence electrons. The summed E-state index contributed by atoms with van der Waals surface area (Å²) in [6, 6.07) is -0.0211. The van der Waals surface area contributed by atoms with Gasteiger partial charge in [0.1, 0.15) is 5.54 Å². The molecular weight excluding hydrogens is 242 g/mol. The van der Waals surface area contributed by atoms with Crippen molar-refractivity contribution in [1.82, 2.24) is 14.9 Å². The van der Waals surface area contributed by atoms with E-state index in [4.69, 9.17) is 0 Å². The van der Waals surface area contributed by atoms with E-state index in [1.54, 1.807) is 12.4 Å². The van der Waals surface area contributed by atoms with Crippen molar-refractivity contribution >= 4 is 5.97 Å². The van der Waals surface area contributed by atoms with Crippen LogP contribution in [-0.4, -0.2) is 38.0 Å². The van der Waals surface area contributed by atoms with E-state index in [0.717, 1.165) is 24.4 Å². The van der Waals surface area contributed by atoms with E-state index in [1.165, 1.54) is 0 Å². The normalized spacial score (nSPS) is 25.4. The molecule has 1 saturated heterocycles. The van der Waals surface area contributed by atoms with Crippen molar-refractivity contribution < 1.29 is 9.90 Å². The third kappa shape index (κ3) is 2.23. The van der Waals surface area contributed by atoms with Crippen LogP contribution in [0.15, 0.2) is 12.4 Å². The lowest BCUT2D eigenvalue weighted by molar-refractivity contribution is -0.151. The number of carboxylic acids is 1. The van der Waals surface area contributed by atoms with Crippen LogP contribution in [0.2, 0.25) is 0 Å². The third-order valence-electron chi connectivity index (χ3n) is 4.30. The van der Waals surface area contributed by atoms with Gasteiger partial charge >= 0.3 is 5.97 Å². The molecule has 0 spiro atoms. The molecule has 1 aliphatic heterocycles. The first-order valence-electron chi connectivity index (χ1n) is 6.80. The molecule has 1 aromatic heterocycles. The zero-order valence-electron chi connectivity index (χ0n) is 11.8. The van der Waals surface area contributed by atoms with Crippen molar-refractivity contribution in [3.8, 4) is 0 Å². The van der Waals surface area contributed by atoms with Crippen molar-refractivity contribution in [2.75, 3.05) is 6.54 Å². The first kappa shape index (κ1) is 13.9. The average molecular weight is 263 g/mol. The fourth-order valence-electron chi connectivity index (χ4n) is 3.20. The second-order valence-corrected chi connectivity index (χ2v) is 5.19. The highest BCUT2D eigenvalue weighted by Crippen LogP contribution is 2.39. The van der Waals surface area contributed by atoms with E-state index in [-0.39, 0.29) is 6.04 Å². The lowest BCUT2D eigenvalue weighted by atomic mass is 9.91. The van der Waals surface area contributed by atoms with E-state index in [0.29, 0.717) is 12.8 Å². The fourth-order valence-corrected chi connectivity index (χ4v) is 3.20. The Hall–Kier alpha value is -1.49. The van der Waals surface area contributed by atoms with Crippen LogP contribution in [0.1, 0.15) is 50.5 Å². The van der Waals surface area contributed by atoms with Crippen LogP contribution in [-0.2, 0) is 4.79 Å². The molecule has 0 saturated carbocycles. The Morgan fingerprint density at radius 2 is 2.21 bits per heavy atom. The van der Waals surface area contributed by atoms with Crippen molar-refractivity contribution in [3.05, 3.63) is 23.8 Å². The molecule has 2 atom stereocenters. The van der Waals surface area contributed by atoms with Gasteiger partial charge in [-0.1, -0.05) is 6.92 Å². The molecule has 1 fully saturated rings. The number of carboxylic acid groups (broad SMARTS) is 1. The van der Waals surface area contributed by atoms with Crippen LogP contribution in [0.3, 0.4) is 0 Å². The Kier molecular flexibility index (Phi) is 3.85. The highest BCUT2D eigenvalue weighted by Gasteiger charge is 2.48. The van der Waals surface area contributed by atoms with Gasteiger partial charge in [0, 0.05) is 12.4 Å². The van der Waals surface area contributed by atoms with Crippen molar-refractivity contribution in [3.63, 3.8) is 0 Å². The highest BCUT2D eigenvalue weighted by molar-refractivity contribution is 5.79. The molecule has 1 aliphatic rings. The number of likely N-dealkylation sites (tertiary alicyclic amines) is 1. The minimum atomic E-state index is -0.747. The van der Waals surface area contributed by atoms with Gasteiger partial charge in [-0.25, -0.2) is 0 Å². The van der Waals surface area contributed by atoms with Gasteiger partial charge < -0.3 is 5.11 Å². The molecular formula is C14H21N3O2. The van der Waals surface area contributed by atoms with Gasteiger partial charge in [-0.15, -0.1) is 0 Å². The standard InChI is InChI=1S/C14H21N3O2/c1-4-14(13(18)19)6-5-9-17(14)11(3)12-10(2)15-7-8-16-12/h7-8,11H,4-6,9H2,1-3H3,(H,18,19). The predicted molar refractivity (Wildman–Crippen MR) is 71.8 cm³/mol. The lowest BCUT2D eigenvalue weighted by Gasteiger charge is -2.38. The van der Waals surface area contributed by atoms with E-state index in [9.17, 15) is 9.90 Å². The first-order valence-corrected chi connectivity index (χ1v) is 6.80. The quantitative estimate of drug-likeness (QED) is 0.901. The molecule has 0 aromatic carbocycles. The number of rotatable bonds is 4. The molecule has 2 rings (SSSR count). The molecule has 0 amide bonds. The molecule has 0 radical (unpaired) electrons. The molecule has 1 aromatic rings. The summed E-state index contributed by atoms with van der Waals surface area (Å²) in [6.07, 6.45) is 5.58. The molecule has 0 aliphatic carbocycles. The van der Waals surface area contributed by atoms with Gasteiger partial charge in [0.2, 0.25) is 0 Å². The number of hydrogen-bond donors (Lipinski definition) is 1. The van der Waals surface area contributed by atoms with Gasteiger partial charge in [-0.2, -0.15) is 0 Å². The Bertz CT molecular complexity index is 478. The summed E-state index contributed by atoms with van der Waals surface area (Å²) in [5, 5.41) is 9.62. The Morgan fingerprint density at radius 1 is 1.53 bits per heavy atom. The van der Waals surface area contributed by atoms with Gasteiger partial charge in [0.05, 0.1) is 17.4 Å². The number of aliphatic carboxylic acids is 1. The summed E-state index contributed by atoms with van der Waals surface area (Å²) in [6.45, 7) is 6.69. The number of nitrogens with zero attached hydrogens (tertiary/aromatic N) is 3. The third-order valence-corrected chi connectivity index (χ3v) is 4.30. The SMILES string of the molecule is CCC1(C(=O)O)CCCN1C(C)c1nccnc1C. The average Bonchev–Trinajstić information content (AvgIpc) is 2.83. The van der Waals surface area contributed by atoms with E-state index >= 15 is 0 Å². The molecule has 1 N–H and O–H groups in total. The minimum Gasteiger partial charge on any atom is -0.480 e. The zero-order chi connectivity index (χ0) is 14.0. The van der Waals surface area contributed by atoms with Crippen molar-refractivity contribution in [2.45, 2.75) is 51.6 Å². The number of aromatic nitrogens is 2. The lowest BCUT2D eigenvalue weighted by Crippen LogP contribution is -2.51. The molecule has 0 bridgehead atoms. The molecule has 2 unspecified atom stereocenters. The maximum atomic E-state index is 11.7. The Balaban J connectivity index is 2.35. The van der Waals surface area contributed by atoms with Crippen LogP contribution >= 0.6 is 0 Å². The van der Waals surface area contributed by atoms with Crippen LogP contribution in [0.25, 0.3) is 0 Å². The maximum absolute atomic E-state index is 11.7. The van der Waals surface area contributed by atoms with Crippen LogP contribution in [0, 0.1) is 6.92 Å². The molecule has 5 nitrogen and oxygen atoms in total. The number of aryl methyl sites for hydroxylation is 1. The van der Waals surface area contributed by atoms with Gasteiger partial charge in [-0.3, -0.25) is 19.7 Å². The van der Waals surface area contributed by atoms with E-state index in [1.807, 2.05) is 20.8 Å². The second-order valence-electron chi connectivity index (χ2n) is 5.19. The summed E-state index contributed by atoms with van der Waals surface area (Å²) in [5.74, 6) is -0.721. The van der Waals surface area contributed by atoms with Crippen molar-refractivity contribution in [2.24, 2.45) is 0 Å². The van der Waals surface area contributed by atoms with Crippen molar-refractivity contribution in [1.29, 1.82) is 0 Å². The van der Waals surface area contributed by atoms with E-state index < -0.39 is 11.5 Å². The molecule has 5 heteroatoms. The highest BCUT2D eigenvalue weighted by atomic mass is 16.4. The Labute approximate surface area is 113 Å². The summed E-state index contributed by atoms with van der Waals surface area (Å²) < 4.78 is 0. The fraction of sp³-hybridized carbons (Fsp3) is 0.643.